The van der Waals surface area contributed by atoms with E-state index in [4.69, 9.17) is 5.73 Å². The first kappa shape index (κ1) is 13.6. The monoisotopic (exact) mass is 284 g/mol. The number of hydrogen-bond donors (Lipinski definition) is 2. The first-order valence-electron chi connectivity index (χ1n) is 5.90. The summed E-state index contributed by atoms with van der Waals surface area (Å²) in [5.74, 6) is -0.000495. The van der Waals surface area contributed by atoms with Crippen LogP contribution in [0.15, 0.2) is 5.38 Å². The van der Waals surface area contributed by atoms with Gasteiger partial charge in [0.05, 0.1) is 25.3 Å². The minimum atomic E-state index is -0.466. The first-order valence-corrected chi connectivity index (χ1v) is 6.78. The van der Waals surface area contributed by atoms with Gasteiger partial charge in [0.2, 0.25) is 5.91 Å². The van der Waals surface area contributed by atoms with E-state index in [1.165, 1.54) is 18.4 Å². The molecule has 0 saturated carbocycles. The summed E-state index contributed by atoms with van der Waals surface area (Å²) in [5, 5.41) is 4.95. The number of nitrogen functional groups attached to an aromatic ring is 1. The van der Waals surface area contributed by atoms with Crippen molar-refractivity contribution < 1.29 is 14.3 Å². The van der Waals surface area contributed by atoms with Crippen LogP contribution in [0.4, 0.5) is 9.93 Å². The Hall–Kier alpha value is -1.83. The number of ether oxygens (including phenoxy) is 1. The van der Waals surface area contributed by atoms with E-state index in [1.54, 1.807) is 10.3 Å². The Morgan fingerprint density at radius 2 is 2.47 bits per heavy atom. The van der Waals surface area contributed by atoms with Crippen LogP contribution in [0.25, 0.3) is 0 Å². The maximum atomic E-state index is 12.0. The smallest absolute Gasteiger partial charge is 0.407 e. The zero-order valence-electron chi connectivity index (χ0n) is 10.6. The zero-order chi connectivity index (χ0) is 13.8. The summed E-state index contributed by atoms with van der Waals surface area (Å²) in [5.41, 5.74) is 6.21. The lowest BCUT2D eigenvalue weighted by Gasteiger charge is -2.16. The third kappa shape index (κ3) is 3.57. The van der Waals surface area contributed by atoms with Crippen molar-refractivity contribution in [3.8, 4) is 0 Å². The van der Waals surface area contributed by atoms with Gasteiger partial charge in [0.1, 0.15) is 0 Å². The lowest BCUT2D eigenvalue weighted by Crippen LogP contribution is -2.38. The molecule has 0 aliphatic carbocycles. The average Bonchev–Trinajstić information content (AvgIpc) is 2.98. The molecule has 3 N–H and O–H groups in total. The number of rotatable bonds is 3. The number of alkyl carbamates (subject to hydrolysis) is 1. The molecule has 104 valence electrons. The Morgan fingerprint density at radius 1 is 1.68 bits per heavy atom. The maximum absolute atomic E-state index is 12.0. The molecule has 8 heteroatoms. The molecule has 1 fully saturated rings. The third-order valence-corrected chi connectivity index (χ3v) is 3.67. The van der Waals surface area contributed by atoms with E-state index >= 15 is 0 Å². The highest BCUT2D eigenvalue weighted by Gasteiger charge is 2.27. The van der Waals surface area contributed by atoms with Gasteiger partial charge in [-0.15, -0.1) is 11.3 Å². The van der Waals surface area contributed by atoms with E-state index in [1.807, 2.05) is 0 Å². The van der Waals surface area contributed by atoms with E-state index in [0.717, 1.165) is 6.42 Å². The zero-order valence-corrected chi connectivity index (χ0v) is 11.4. The summed E-state index contributed by atoms with van der Waals surface area (Å²) in [6.07, 6.45) is 0.519. The molecule has 1 aliphatic rings. The molecule has 0 aromatic carbocycles. The summed E-state index contributed by atoms with van der Waals surface area (Å²) >= 11 is 1.32. The molecule has 7 nitrogen and oxygen atoms in total. The molecule has 2 heterocycles. The summed E-state index contributed by atoms with van der Waals surface area (Å²) in [4.78, 5) is 28.9. The molecule has 0 bridgehead atoms. The lowest BCUT2D eigenvalue weighted by molar-refractivity contribution is -0.129. The molecule has 1 atom stereocenters. The van der Waals surface area contributed by atoms with Crippen LogP contribution in [-0.4, -0.2) is 48.1 Å². The van der Waals surface area contributed by atoms with Crippen molar-refractivity contribution in [3.63, 3.8) is 0 Å². The number of likely N-dealkylation sites (tertiary alicyclic amines) is 1. The summed E-state index contributed by atoms with van der Waals surface area (Å²) < 4.78 is 4.53. The molecule has 1 aromatic heterocycles. The molecule has 0 radical (unpaired) electrons. The number of methoxy groups -OCH3 is 1. The Kier molecular flexibility index (Phi) is 4.20. The van der Waals surface area contributed by atoms with Crippen LogP contribution < -0.4 is 11.1 Å². The Bertz CT molecular complexity index is 476. The van der Waals surface area contributed by atoms with Gasteiger partial charge in [-0.1, -0.05) is 0 Å². The highest BCUT2D eigenvalue weighted by molar-refractivity contribution is 7.13. The second kappa shape index (κ2) is 5.87. The van der Waals surface area contributed by atoms with Crippen LogP contribution in [-0.2, 0) is 16.0 Å². The van der Waals surface area contributed by atoms with Gasteiger partial charge >= 0.3 is 6.09 Å². The number of anilines is 1. The molecule has 2 amide bonds. The van der Waals surface area contributed by atoms with Gasteiger partial charge in [-0.3, -0.25) is 4.79 Å². The van der Waals surface area contributed by atoms with Crippen molar-refractivity contribution >= 4 is 28.5 Å². The van der Waals surface area contributed by atoms with Crippen LogP contribution in [0, 0.1) is 0 Å². The van der Waals surface area contributed by atoms with Crippen molar-refractivity contribution in [3.05, 3.63) is 11.1 Å². The fourth-order valence-electron chi connectivity index (χ4n) is 2.00. The van der Waals surface area contributed by atoms with E-state index < -0.39 is 6.09 Å². The summed E-state index contributed by atoms with van der Waals surface area (Å²) in [6.45, 7) is 1.14. The van der Waals surface area contributed by atoms with Gasteiger partial charge in [0, 0.05) is 18.5 Å². The molecule has 1 unspecified atom stereocenters. The van der Waals surface area contributed by atoms with E-state index in [2.05, 4.69) is 15.0 Å². The van der Waals surface area contributed by atoms with Crippen molar-refractivity contribution in [2.24, 2.45) is 0 Å². The number of amides is 2. The van der Waals surface area contributed by atoms with E-state index in [-0.39, 0.29) is 18.4 Å². The number of nitrogens with two attached hydrogens (primary N) is 1. The van der Waals surface area contributed by atoms with Crippen LogP contribution in [0.3, 0.4) is 0 Å². The van der Waals surface area contributed by atoms with E-state index in [9.17, 15) is 9.59 Å². The third-order valence-electron chi connectivity index (χ3n) is 2.95. The van der Waals surface area contributed by atoms with Gasteiger partial charge in [-0.05, 0) is 6.42 Å². The van der Waals surface area contributed by atoms with Gasteiger partial charge in [0.15, 0.2) is 5.13 Å². The molecule has 19 heavy (non-hydrogen) atoms. The van der Waals surface area contributed by atoms with Gasteiger partial charge in [-0.25, -0.2) is 9.78 Å². The lowest BCUT2D eigenvalue weighted by atomic mass is 10.3. The van der Waals surface area contributed by atoms with Gasteiger partial charge in [-0.2, -0.15) is 0 Å². The normalized spacial score (nSPS) is 18.4. The van der Waals surface area contributed by atoms with Gasteiger partial charge in [0.25, 0.3) is 0 Å². The highest BCUT2D eigenvalue weighted by Crippen LogP contribution is 2.15. The minimum absolute atomic E-state index is 0.000495. The van der Waals surface area contributed by atoms with Crippen LogP contribution in [0.1, 0.15) is 12.1 Å². The largest absolute Gasteiger partial charge is 0.453 e. The number of carbonyl (C=O) groups excluding carboxylic acids is 2. The molecular weight excluding hydrogens is 268 g/mol. The Balaban J connectivity index is 1.83. The predicted molar refractivity (Wildman–Crippen MR) is 70.8 cm³/mol. The van der Waals surface area contributed by atoms with Gasteiger partial charge < -0.3 is 20.7 Å². The molecular formula is C11H16N4O3S. The second-order valence-electron chi connectivity index (χ2n) is 4.32. The number of nitrogens with zero attached hydrogens (tertiary/aromatic N) is 2. The summed E-state index contributed by atoms with van der Waals surface area (Å²) in [7, 11) is 1.32. The summed E-state index contributed by atoms with van der Waals surface area (Å²) in [6, 6.07) is -0.0445. The highest BCUT2D eigenvalue weighted by atomic mass is 32.1. The average molecular weight is 284 g/mol. The molecule has 1 saturated heterocycles. The minimum Gasteiger partial charge on any atom is -0.453 e. The number of thiazole rings is 1. The van der Waals surface area contributed by atoms with Crippen molar-refractivity contribution in [2.45, 2.75) is 18.9 Å². The number of nitrogens with one attached hydrogen (secondary N) is 1. The predicted octanol–water partition coefficient (Wildman–Crippen LogP) is 0.225. The molecule has 1 aliphatic heterocycles. The quantitative estimate of drug-likeness (QED) is 0.827. The molecule has 1 aromatic rings. The number of carbonyl (C=O) groups is 2. The van der Waals surface area contributed by atoms with Crippen LogP contribution >= 0.6 is 11.3 Å². The Labute approximate surface area is 114 Å². The molecule has 0 spiro atoms. The number of aromatic nitrogens is 1. The standard InChI is InChI=1S/C11H16N4O3S/c1-18-11(17)14-7-2-3-15(5-7)9(16)4-8-6-19-10(12)13-8/h6-7H,2-5H2,1H3,(H2,12,13)(H,14,17). The van der Waals surface area contributed by atoms with Crippen LogP contribution in [0.2, 0.25) is 0 Å². The fourth-order valence-corrected chi connectivity index (χ4v) is 2.56. The second-order valence-corrected chi connectivity index (χ2v) is 5.20. The van der Waals surface area contributed by atoms with Crippen molar-refractivity contribution in [1.29, 1.82) is 0 Å². The SMILES string of the molecule is COC(=O)NC1CCN(C(=O)Cc2csc(N)n2)C1. The van der Waals surface area contributed by atoms with Crippen molar-refractivity contribution in [1.82, 2.24) is 15.2 Å². The molecule has 2 rings (SSSR count). The Morgan fingerprint density at radius 3 is 3.11 bits per heavy atom. The number of hydrogen-bond acceptors (Lipinski definition) is 6. The first-order chi connectivity index (χ1) is 9.08. The van der Waals surface area contributed by atoms with Crippen molar-refractivity contribution in [2.75, 3.05) is 25.9 Å². The topological polar surface area (TPSA) is 97.5 Å². The maximum Gasteiger partial charge on any atom is 0.407 e. The fraction of sp³-hybridized carbons (Fsp3) is 0.545. The van der Waals surface area contributed by atoms with E-state index in [0.29, 0.717) is 23.9 Å². The van der Waals surface area contributed by atoms with Crippen LogP contribution in [0.5, 0.6) is 0 Å².